The summed E-state index contributed by atoms with van der Waals surface area (Å²) in [5.74, 6) is 1.76. The first kappa shape index (κ1) is 29.0. The number of carbonyl (C=O) groups is 1. The number of hydrogen-bond donors (Lipinski definition) is 1. The standard InChI is InChI=1S/C30H29N3O7S/c1-37-24-14-12-23(13-15-24)33(41(35,36)27-16-17-28(38-2)29(19-27)39-3)21-30(34)32-31-20-22-8-7-11-26(18-22)40-25-9-5-4-6-10-25/h4-20H,21H2,1-3H3,(H,32,34)/b31-20-. The fraction of sp³-hybridized carbons (Fsp3) is 0.133. The van der Waals surface area contributed by atoms with E-state index in [1.54, 1.807) is 48.5 Å². The van der Waals surface area contributed by atoms with E-state index in [1.165, 1.54) is 45.7 Å². The molecule has 0 aliphatic carbocycles. The average molecular weight is 576 g/mol. The Hall–Kier alpha value is -5.03. The highest BCUT2D eigenvalue weighted by Gasteiger charge is 2.28. The average Bonchev–Trinajstić information content (AvgIpc) is 3.00. The molecule has 212 valence electrons. The van der Waals surface area contributed by atoms with Crippen molar-refractivity contribution in [3.05, 3.63) is 103 Å². The molecular weight excluding hydrogens is 546 g/mol. The third-order valence-electron chi connectivity index (χ3n) is 5.83. The Balaban J connectivity index is 1.53. The summed E-state index contributed by atoms with van der Waals surface area (Å²) >= 11 is 0. The van der Waals surface area contributed by atoms with Crippen LogP contribution in [0.25, 0.3) is 0 Å². The molecule has 0 radical (unpaired) electrons. The van der Waals surface area contributed by atoms with E-state index >= 15 is 0 Å². The van der Waals surface area contributed by atoms with Crippen molar-refractivity contribution in [3.63, 3.8) is 0 Å². The molecule has 11 heteroatoms. The van der Waals surface area contributed by atoms with Crippen LogP contribution in [-0.2, 0) is 14.8 Å². The van der Waals surface area contributed by atoms with Gasteiger partial charge in [-0.05, 0) is 66.2 Å². The van der Waals surface area contributed by atoms with E-state index in [0.29, 0.717) is 28.6 Å². The minimum absolute atomic E-state index is 0.0856. The Bertz CT molecular complexity index is 1610. The Kier molecular flexibility index (Phi) is 9.43. The van der Waals surface area contributed by atoms with E-state index in [4.69, 9.17) is 18.9 Å². The number of benzene rings is 4. The number of carbonyl (C=O) groups excluding carboxylic acids is 1. The second kappa shape index (κ2) is 13.4. The Morgan fingerprint density at radius 2 is 1.49 bits per heavy atom. The van der Waals surface area contributed by atoms with Crippen LogP contribution in [0.1, 0.15) is 5.56 Å². The first-order valence-corrected chi connectivity index (χ1v) is 13.8. The highest BCUT2D eigenvalue weighted by Crippen LogP contribution is 2.32. The second-order valence-electron chi connectivity index (χ2n) is 8.51. The number of methoxy groups -OCH3 is 3. The van der Waals surface area contributed by atoms with Gasteiger partial charge in [0.25, 0.3) is 15.9 Å². The molecular formula is C30H29N3O7S. The van der Waals surface area contributed by atoms with Gasteiger partial charge in [0.2, 0.25) is 0 Å². The Morgan fingerprint density at radius 3 is 2.17 bits per heavy atom. The zero-order chi connectivity index (χ0) is 29.2. The number of amides is 1. The topological polar surface area (TPSA) is 116 Å². The van der Waals surface area contributed by atoms with Crippen molar-refractivity contribution >= 4 is 27.8 Å². The molecule has 4 rings (SSSR count). The van der Waals surface area contributed by atoms with Crippen molar-refractivity contribution in [2.24, 2.45) is 5.10 Å². The molecule has 0 heterocycles. The predicted molar refractivity (Wildman–Crippen MR) is 156 cm³/mol. The maximum atomic E-state index is 13.7. The first-order valence-electron chi connectivity index (χ1n) is 12.4. The van der Waals surface area contributed by atoms with Crippen molar-refractivity contribution in [2.75, 3.05) is 32.2 Å². The minimum Gasteiger partial charge on any atom is -0.497 e. The number of nitrogens with one attached hydrogen (secondary N) is 1. The third kappa shape index (κ3) is 7.34. The van der Waals surface area contributed by atoms with E-state index in [2.05, 4.69) is 10.5 Å². The Morgan fingerprint density at radius 1 is 0.780 bits per heavy atom. The van der Waals surface area contributed by atoms with Gasteiger partial charge in [0.15, 0.2) is 11.5 Å². The number of ether oxygens (including phenoxy) is 4. The smallest absolute Gasteiger partial charge is 0.264 e. The summed E-state index contributed by atoms with van der Waals surface area (Å²) in [6, 6.07) is 27.0. The van der Waals surface area contributed by atoms with Crippen molar-refractivity contribution in [1.29, 1.82) is 0 Å². The predicted octanol–water partition coefficient (Wildman–Crippen LogP) is 4.85. The number of sulfonamides is 1. The first-order chi connectivity index (χ1) is 19.8. The van der Waals surface area contributed by atoms with E-state index in [1.807, 2.05) is 30.3 Å². The van der Waals surface area contributed by atoms with Gasteiger partial charge < -0.3 is 18.9 Å². The number of hydrazone groups is 1. The fourth-order valence-corrected chi connectivity index (χ4v) is 5.23. The van der Waals surface area contributed by atoms with Crippen LogP contribution in [0.5, 0.6) is 28.7 Å². The molecule has 1 N–H and O–H groups in total. The van der Waals surface area contributed by atoms with E-state index in [9.17, 15) is 13.2 Å². The lowest BCUT2D eigenvalue weighted by atomic mass is 10.2. The number of para-hydroxylation sites is 1. The molecule has 41 heavy (non-hydrogen) atoms. The van der Waals surface area contributed by atoms with Gasteiger partial charge in [0, 0.05) is 6.07 Å². The van der Waals surface area contributed by atoms with Crippen LogP contribution in [0.3, 0.4) is 0 Å². The normalized spacial score (nSPS) is 11.1. The lowest BCUT2D eigenvalue weighted by Crippen LogP contribution is -2.39. The number of anilines is 1. The molecule has 0 unspecified atom stereocenters. The van der Waals surface area contributed by atoms with Crippen molar-refractivity contribution in [1.82, 2.24) is 5.43 Å². The van der Waals surface area contributed by atoms with E-state index < -0.39 is 22.5 Å². The molecule has 4 aromatic carbocycles. The highest BCUT2D eigenvalue weighted by molar-refractivity contribution is 7.92. The molecule has 10 nitrogen and oxygen atoms in total. The van der Waals surface area contributed by atoms with Gasteiger partial charge in [0.1, 0.15) is 23.8 Å². The molecule has 0 aliphatic heterocycles. The van der Waals surface area contributed by atoms with Gasteiger partial charge in [-0.25, -0.2) is 13.8 Å². The summed E-state index contributed by atoms with van der Waals surface area (Å²) in [6.45, 7) is -0.544. The van der Waals surface area contributed by atoms with Crippen LogP contribution in [0.4, 0.5) is 5.69 Å². The zero-order valence-electron chi connectivity index (χ0n) is 22.7. The van der Waals surface area contributed by atoms with Crippen LogP contribution in [0.2, 0.25) is 0 Å². The summed E-state index contributed by atoms with van der Waals surface area (Å²) < 4.78 is 50.0. The minimum atomic E-state index is -4.21. The van der Waals surface area contributed by atoms with Crippen LogP contribution < -0.4 is 28.7 Å². The molecule has 0 saturated carbocycles. The highest BCUT2D eigenvalue weighted by atomic mass is 32.2. The number of rotatable bonds is 12. The Labute approximate surface area is 238 Å². The zero-order valence-corrected chi connectivity index (χ0v) is 23.5. The summed E-state index contributed by atoms with van der Waals surface area (Å²) in [6.07, 6.45) is 1.44. The molecule has 0 atom stereocenters. The van der Waals surface area contributed by atoms with Gasteiger partial charge in [-0.3, -0.25) is 9.10 Å². The quantitative estimate of drug-likeness (QED) is 0.190. The molecule has 0 bridgehead atoms. The SMILES string of the molecule is COc1ccc(N(CC(=O)N/N=C\c2cccc(Oc3ccccc3)c2)S(=O)(=O)c2ccc(OC)c(OC)c2)cc1. The monoisotopic (exact) mass is 575 g/mol. The van der Waals surface area contributed by atoms with Crippen LogP contribution in [0.15, 0.2) is 107 Å². The van der Waals surface area contributed by atoms with Crippen LogP contribution in [-0.4, -0.2) is 48.4 Å². The second-order valence-corrected chi connectivity index (χ2v) is 10.4. The van der Waals surface area contributed by atoms with Crippen LogP contribution in [0, 0.1) is 0 Å². The van der Waals surface area contributed by atoms with Gasteiger partial charge in [-0.15, -0.1) is 0 Å². The van der Waals surface area contributed by atoms with Crippen molar-refractivity contribution < 1.29 is 32.2 Å². The lowest BCUT2D eigenvalue weighted by Gasteiger charge is -2.24. The molecule has 0 spiro atoms. The van der Waals surface area contributed by atoms with Crippen molar-refractivity contribution in [3.8, 4) is 28.7 Å². The molecule has 0 aromatic heterocycles. The molecule has 4 aromatic rings. The molecule has 0 aliphatic rings. The van der Waals surface area contributed by atoms with E-state index in [0.717, 1.165) is 4.31 Å². The maximum Gasteiger partial charge on any atom is 0.264 e. The van der Waals surface area contributed by atoms with Crippen LogP contribution >= 0.6 is 0 Å². The number of nitrogens with zero attached hydrogens (tertiary/aromatic N) is 2. The fourth-order valence-electron chi connectivity index (χ4n) is 3.80. The van der Waals surface area contributed by atoms with Gasteiger partial charge in [-0.2, -0.15) is 5.10 Å². The van der Waals surface area contributed by atoms with Gasteiger partial charge in [0.05, 0.1) is 38.1 Å². The van der Waals surface area contributed by atoms with Gasteiger partial charge in [-0.1, -0.05) is 30.3 Å². The molecule has 0 saturated heterocycles. The summed E-state index contributed by atoms with van der Waals surface area (Å²) in [7, 11) is 0.150. The maximum absolute atomic E-state index is 13.7. The summed E-state index contributed by atoms with van der Waals surface area (Å²) in [4.78, 5) is 12.8. The van der Waals surface area contributed by atoms with Crippen molar-refractivity contribution in [2.45, 2.75) is 4.90 Å². The largest absolute Gasteiger partial charge is 0.497 e. The third-order valence-corrected chi connectivity index (χ3v) is 7.60. The summed E-state index contributed by atoms with van der Waals surface area (Å²) in [5.41, 5.74) is 3.33. The molecule has 1 amide bonds. The van der Waals surface area contributed by atoms with E-state index in [-0.39, 0.29) is 16.3 Å². The number of hydrogen-bond acceptors (Lipinski definition) is 8. The molecule has 0 fully saturated rings. The lowest BCUT2D eigenvalue weighted by molar-refractivity contribution is -0.119. The summed E-state index contributed by atoms with van der Waals surface area (Å²) in [5, 5.41) is 4.01. The van der Waals surface area contributed by atoms with Gasteiger partial charge >= 0.3 is 0 Å².